The summed E-state index contributed by atoms with van der Waals surface area (Å²) in [5.74, 6) is 0.478. The summed E-state index contributed by atoms with van der Waals surface area (Å²) in [7, 11) is 1.61. The minimum Gasteiger partial charge on any atom is -0.496 e. The van der Waals surface area contributed by atoms with E-state index in [1.54, 1.807) is 23.9 Å². The van der Waals surface area contributed by atoms with Crippen molar-refractivity contribution in [2.45, 2.75) is 6.54 Å². The second-order valence-electron chi connectivity index (χ2n) is 5.75. The highest BCUT2D eigenvalue weighted by Gasteiger charge is 2.14. The number of nitrogens with one attached hydrogen (secondary N) is 2. The van der Waals surface area contributed by atoms with Crippen molar-refractivity contribution in [1.82, 2.24) is 25.1 Å². The first-order valence-electron chi connectivity index (χ1n) is 8.14. The third kappa shape index (κ3) is 2.90. The van der Waals surface area contributed by atoms with Crippen LogP contribution in [0.3, 0.4) is 0 Å². The topological polar surface area (TPSA) is 84.3 Å². The number of carbonyl (C=O) groups is 1. The average molecular weight is 347 g/mol. The lowest BCUT2D eigenvalue weighted by Crippen LogP contribution is -2.23. The van der Waals surface area contributed by atoms with Gasteiger partial charge in [0.2, 0.25) is 0 Å². The highest BCUT2D eigenvalue weighted by molar-refractivity contribution is 5.93. The summed E-state index contributed by atoms with van der Waals surface area (Å²) < 4.78 is 7.12. The summed E-state index contributed by atoms with van der Waals surface area (Å²) in [4.78, 5) is 12.4. The number of aromatic amines is 1. The minimum atomic E-state index is -0.228. The van der Waals surface area contributed by atoms with Crippen LogP contribution in [0.1, 0.15) is 16.1 Å². The lowest BCUT2D eigenvalue weighted by atomic mass is 10.1. The van der Waals surface area contributed by atoms with Gasteiger partial charge in [0.15, 0.2) is 0 Å². The molecule has 0 bridgehead atoms. The van der Waals surface area contributed by atoms with Crippen molar-refractivity contribution in [3.05, 3.63) is 72.2 Å². The van der Waals surface area contributed by atoms with Crippen molar-refractivity contribution in [3.63, 3.8) is 0 Å². The van der Waals surface area contributed by atoms with Gasteiger partial charge in [-0.1, -0.05) is 18.2 Å². The molecule has 3 heterocycles. The Bertz CT molecular complexity index is 1070. The Labute approximate surface area is 149 Å². The Balaban J connectivity index is 1.50. The quantitative estimate of drug-likeness (QED) is 0.581. The number of carbonyl (C=O) groups excluding carboxylic acids is 1. The molecule has 0 radical (unpaired) electrons. The largest absolute Gasteiger partial charge is 0.496 e. The third-order valence-corrected chi connectivity index (χ3v) is 4.15. The molecule has 1 amide bonds. The fourth-order valence-electron chi connectivity index (χ4n) is 2.83. The standard InChI is InChI=1S/C19H17N5O2/c1-26-18-8-3-2-6-14(18)15-10-16(23-22-15)19(25)20-11-13-12-21-24-9-5-4-7-17(13)24/h2-10,12H,11H2,1H3,(H,20,25)(H,22,23). The molecule has 0 saturated carbocycles. The van der Waals surface area contributed by atoms with Crippen LogP contribution in [0, 0.1) is 0 Å². The number of hydrogen-bond acceptors (Lipinski definition) is 4. The van der Waals surface area contributed by atoms with E-state index in [-0.39, 0.29) is 5.91 Å². The van der Waals surface area contributed by atoms with Gasteiger partial charge in [-0.3, -0.25) is 9.89 Å². The third-order valence-electron chi connectivity index (χ3n) is 4.15. The average Bonchev–Trinajstić information content (AvgIpc) is 3.33. The van der Waals surface area contributed by atoms with Crippen LogP contribution in [0.15, 0.2) is 60.9 Å². The molecule has 0 atom stereocenters. The predicted molar refractivity (Wildman–Crippen MR) is 96.9 cm³/mol. The molecule has 0 saturated heterocycles. The van der Waals surface area contributed by atoms with E-state index < -0.39 is 0 Å². The summed E-state index contributed by atoms with van der Waals surface area (Å²) >= 11 is 0. The second kappa shape index (κ2) is 6.72. The number of methoxy groups -OCH3 is 1. The maximum absolute atomic E-state index is 12.4. The minimum absolute atomic E-state index is 0.228. The van der Waals surface area contributed by atoms with E-state index in [0.717, 1.165) is 16.6 Å². The maximum atomic E-state index is 12.4. The van der Waals surface area contributed by atoms with Crippen molar-refractivity contribution >= 4 is 11.4 Å². The molecule has 2 N–H and O–H groups in total. The van der Waals surface area contributed by atoms with Gasteiger partial charge in [0.05, 0.1) is 24.5 Å². The zero-order valence-corrected chi connectivity index (χ0v) is 14.1. The first-order valence-corrected chi connectivity index (χ1v) is 8.14. The first-order chi connectivity index (χ1) is 12.8. The van der Waals surface area contributed by atoms with Crippen molar-refractivity contribution < 1.29 is 9.53 Å². The van der Waals surface area contributed by atoms with Crippen LogP contribution in [-0.4, -0.2) is 32.8 Å². The highest BCUT2D eigenvalue weighted by atomic mass is 16.5. The normalized spacial score (nSPS) is 10.8. The Morgan fingerprint density at radius 1 is 1.23 bits per heavy atom. The molecule has 4 aromatic rings. The molecule has 3 aromatic heterocycles. The molecular formula is C19H17N5O2. The number of H-pyrrole nitrogens is 1. The summed E-state index contributed by atoms with van der Waals surface area (Å²) in [5.41, 5.74) is 3.79. The van der Waals surface area contributed by atoms with Crippen LogP contribution in [-0.2, 0) is 6.54 Å². The number of ether oxygens (including phenoxy) is 1. The van der Waals surface area contributed by atoms with E-state index in [2.05, 4.69) is 20.6 Å². The van der Waals surface area contributed by atoms with E-state index in [9.17, 15) is 4.79 Å². The van der Waals surface area contributed by atoms with E-state index in [1.807, 2.05) is 48.7 Å². The molecule has 4 rings (SSSR count). The lowest BCUT2D eigenvalue weighted by molar-refractivity contribution is 0.0946. The van der Waals surface area contributed by atoms with Crippen LogP contribution < -0.4 is 10.1 Å². The SMILES string of the molecule is COc1ccccc1-c1cc(C(=O)NCc2cnn3ccccc23)[nH]n1. The van der Waals surface area contributed by atoms with Crippen LogP contribution in [0.2, 0.25) is 0 Å². The fourth-order valence-corrected chi connectivity index (χ4v) is 2.83. The molecule has 0 fully saturated rings. The van der Waals surface area contributed by atoms with Crippen molar-refractivity contribution in [2.75, 3.05) is 7.11 Å². The number of nitrogens with zero attached hydrogens (tertiary/aromatic N) is 3. The van der Waals surface area contributed by atoms with Gasteiger partial charge in [-0.15, -0.1) is 0 Å². The number of benzene rings is 1. The van der Waals surface area contributed by atoms with Gasteiger partial charge in [0.1, 0.15) is 11.4 Å². The van der Waals surface area contributed by atoms with Gasteiger partial charge in [-0.05, 0) is 30.3 Å². The fraction of sp³-hybridized carbons (Fsp3) is 0.105. The van der Waals surface area contributed by atoms with Gasteiger partial charge in [0, 0.05) is 23.9 Å². The first kappa shape index (κ1) is 15.9. The Morgan fingerprint density at radius 3 is 2.96 bits per heavy atom. The molecular weight excluding hydrogens is 330 g/mol. The molecule has 7 heteroatoms. The van der Waals surface area contributed by atoms with Gasteiger partial charge >= 0.3 is 0 Å². The number of aromatic nitrogens is 4. The Morgan fingerprint density at radius 2 is 2.08 bits per heavy atom. The van der Waals surface area contributed by atoms with Crippen molar-refractivity contribution in [1.29, 1.82) is 0 Å². The molecule has 1 aromatic carbocycles. The van der Waals surface area contributed by atoms with E-state index >= 15 is 0 Å². The molecule has 130 valence electrons. The summed E-state index contributed by atoms with van der Waals surface area (Å²) in [6.07, 6.45) is 3.62. The molecule has 0 aliphatic heterocycles. The van der Waals surface area contributed by atoms with Crippen LogP contribution in [0.4, 0.5) is 0 Å². The monoisotopic (exact) mass is 347 g/mol. The van der Waals surface area contributed by atoms with Crippen molar-refractivity contribution in [3.8, 4) is 17.0 Å². The van der Waals surface area contributed by atoms with Crippen LogP contribution in [0.25, 0.3) is 16.8 Å². The second-order valence-corrected chi connectivity index (χ2v) is 5.75. The van der Waals surface area contributed by atoms with Crippen LogP contribution in [0.5, 0.6) is 5.75 Å². The van der Waals surface area contributed by atoms with Gasteiger partial charge in [-0.2, -0.15) is 10.2 Å². The molecule has 0 aliphatic rings. The van der Waals surface area contributed by atoms with Gasteiger partial charge in [0.25, 0.3) is 5.91 Å². The zero-order valence-electron chi connectivity index (χ0n) is 14.1. The molecule has 0 unspecified atom stereocenters. The summed E-state index contributed by atoms with van der Waals surface area (Å²) in [5, 5.41) is 14.2. The number of pyridine rings is 1. The Kier molecular flexibility index (Phi) is 4.10. The van der Waals surface area contributed by atoms with E-state index in [1.165, 1.54) is 0 Å². The number of para-hydroxylation sites is 1. The lowest BCUT2D eigenvalue weighted by Gasteiger charge is -2.04. The number of amides is 1. The zero-order chi connectivity index (χ0) is 17.9. The number of rotatable bonds is 5. The van der Waals surface area contributed by atoms with Crippen LogP contribution >= 0.6 is 0 Å². The highest BCUT2D eigenvalue weighted by Crippen LogP contribution is 2.28. The molecule has 26 heavy (non-hydrogen) atoms. The summed E-state index contributed by atoms with van der Waals surface area (Å²) in [6.45, 7) is 0.384. The summed E-state index contributed by atoms with van der Waals surface area (Å²) in [6, 6.07) is 15.1. The predicted octanol–water partition coefficient (Wildman–Crippen LogP) is 2.66. The van der Waals surface area contributed by atoms with Gasteiger partial charge in [-0.25, -0.2) is 4.52 Å². The maximum Gasteiger partial charge on any atom is 0.269 e. The van der Waals surface area contributed by atoms with E-state index in [0.29, 0.717) is 23.7 Å². The van der Waals surface area contributed by atoms with Gasteiger partial charge < -0.3 is 10.1 Å². The van der Waals surface area contributed by atoms with E-state index in [4.69, 9.17) is 4.74 Å². The molecule has 7 nitrogen and oxygen atoms in total. The number of hydrogen-bond donors (Lipinski definition) is 2. The molecule has 0 spiro atoms. The smallest absolute Gasteiger partial charge is 0.269 e. The number of fused-ring (bicyclic) bond motifs is 1. The Hall–Kier alpha value is -3.61. The van der Waals surface area contributed by atoms with Crippen molar-refractivity contribution in [2.24, 2.45) is 0 Å². The molecule has 0 aliphatic carbocycles.